The number of nitrogens with zero attached hydrogens (tertiary/aromatic N) is 6. The predicted molar refractivity (Wildman–Crippen MR) is 156 cm³/mol. The summed E-state index contributed by atoms with van der Waals surface area (Å²) >= 11 is 1.66. The molecule has 0 radical (unpaired) electrons. The minimum atomic E-state index is 0.407. The van der Waals surface area contributed by atoms with Crippen LogP contribution in [0.4, 0.5) is 0 Å². The molecule has 4 aromatic heterocycles. The van der Waals surface area contributed by atoms with Crippen molar-refractivity contribution in [1.29, 1.82) is 0 Å². The van der Waals surface area contributed by atoms with Crippen molar-refractivity contribution in [2.45, 2.75) is 32.2 Å². The maximum atomic E-state index is 4.77. The molecular formula is C31H29N7S. The van der Waals surface area contributed by atoms with Crippen molar-refractivity contribution < 1.29 is 0 Å². The van der Waals surface area contributed by atoms with Gasteiger partial charge >= 0.3 is 0 Å². The minimum Gasteiger partial charge on any atom is -0.299 e. The van der Waals surface area contributed by atoms with Gasteiger partial charge in [0, 0.05) is 35.8 Å². The topological polar surface area (TPSA) is 75.0 Å². The molecule has 39 heavy (non-hydrogen) atoms. The Bertz CT molecular complexity index is 1700. The van der Waals surface area contributed by atoms with Gasteiger partial charge in [0.05, 0.1) is 11.9 Å². The molecule has 1 saturated heterocycles. The molecule has 2 aromatic carbocycles. The Morgan fingerprint density at radius 3 is 2.54 bits per heavy atom. The van der Waals surface area contributed by atoms with Gasteiger partial charge in [-0.15, -0.1) is 11.3 Å². The van der Waals surface area contributed by atoms with E-state index in [0.717, 1.165) is 60.2 Å². The molecule has 8 heteroatoms. The zero-order valence-corrected chi connectivity index (χ0v) is 22.6. The van der Waals surface area contributed by atoms with Gasteiger partial charge < -0.3 is 0 Å². The third kappa shape index (κ3) is 4.77. The molecule has 0 saturated carbocycles. The largest absolute Gasteiger partial charge is 0.299 e. The number of fused-ring (bicyclic) bond motifs is 1. The lowest BCUT2D eigenvalue weighted by Gasteiger charge is -2.31. The number of piperidine rings is 1. The normalized spacial score (nSPS) is 14.8. The van der Waals surface area contributed by atoms with Crippen LogP contribution in [-0.4, -0.2) is 47.5 Å². The van der Waals surface area contributed by atoms with Crippen LogP contribution in [0.2, 0.25) is 0 Å². The average Bonchev–Trinajstić information content (AvgIpc) is 3.73. The van der Waals surface area contributed by atoms with Crippen LogP contribution in [-0.2, 0) is 6.54 Å². The molecular weight excluding hydrogens is 502 g/mol. The number of hydrogen-bond donors (Lipinski definition) is 1. The van der Waals surface area contributed by atoms with Crippen LogP contribution in [0.5, 0.6) is 0 Å². The molecule has 6 aromatic rings. The highest BCUT2D eigenvalue weighted by Crippen LogP contribution is 2.34. The second-order valence-electron chi connectivity index (χ2n) is 10.3. The second kappa shape index (κ2) is 10.2. The van der Waals surface area contributed by atoms with Crippen molar-refractivity contribution in [2.24, 2.45) is 0 Å². The van der Waals surface area contributed by atoms with Gasteiger partial charge in [-0.1, -0.05) is 54.6 Å². The molecule has 0 aliphatic carbocycles. The molecule has 0 unspecified atom stereocenters. The highest BCUT2D eigenvalue weighted by molar-refractivity contribution is 7.15. The molecule has 7 nitrogen and oxygen atoms in total. The maximum Gasteiger partial charge on any atom is 0.199 e. The van der Waals surface area contributed by atoms with Crippen LogP contribution in [0.1, 0.15) is 35.7 Å². The maximum absolute atomic E-state index is 4.77. The molecule has 0 atom stereocenters. The van der Waals surface area contributed by atoms with Crippen molar-refractivity contribution in [2.75, 3.05) is 13.1 Å². The zero-order valence-electron chi connectivity index (χ0n) is 21.8. The predicted octanol–water partition coefficient (Wildman–Crippen LogP) is 6.60. The van der Waals surface area contributed by atoms with Crippen molar-refractivity contribution in [3.05, 3.63) is 102 Å². The lowest BCUT2D eigenvalue weighted by molar-refractivity contribution is 0.202. The van der Waals surface area contributed by atoms with Gasteiger partial charge in [0.25, 0.3) is 0 Å². The Morgan fingerprint density at radius 2 is 1.74 bits per heavy atom. The molecule has 194 valence electrons. The highest BCUT2D eigenvalue weighted by atomic mass is 32.1. The second-order valence-corrected chi connectivity index (χ2v) is 11.1. The lowest BCUT2D eigenvalue weighted by atomic mass is 9.95. The number of aromatic amines is 1. The minimum absolute atomic E-state index is 0.407. The van der Waals surface area contributed by atoms with E-state index in [-0.39, 0.29) is 0 Å². The third-order valence-corrected chi connectivity index (χ3v) is 8.41. The summed E-state index contributed by atoms with van der Waals surface area (Å²) in [5.41, 5.74) is 8.07. The summed E-state index contributed by atoms with van der Waals surface area (Å²) in [6.45, 7) is 5.09. The number of likely N-dealkylation sites (tertiary alicyclic amines) is 1. The Kier molecular flexibility index (Phi) is 6.26. The van der Waals surface area contributed by atoms with E-state index in [1.807, 2.05) is 31.5 Å². The molecule has 0 bridgehead atoms. The number of benzene rings is 2. The van der Waals surface area contributed by atoms with Crippen molar-refractivity contribution >= 4 is 16.3 Å². The van der Waals surface area contributed by atoms with E-state index in [1.54, 1.807) is 11.3 Å². The van der Waals surface area contributed by atoms with E-state index in [4.69, 9.17) is 4.98 Å². The summed E-state index contributed by atoms with van der Waals surface area (Å²) in [6, 6.07) is 21.7. The van der Waals surface area contributed by atoms with Gasteiger partial charge in [0.1, 0.15) is 11.5 Å². The fourth-order valence-corrected chi connectivity index (χ4v) is 6.16. The van der Waals surface area contributed by atoms with Crippen LogP contribution in [0.25, 0.3) is 38.9 Å². The molecule has 0 spiro atoms. The van der Waals surface area contributed by atoms with E-state index in [0.29, 0.717) is 11.7 Å². The first-order chi connectivity index (χ1) is 19.2. The number of rotatable bonds is 6. The fourth-order valence-electron chi connectivity index (χ4n) is 5.47. The van der Waals surface area contributed by atoms with Gasteiger partial charge in [-0.2, -0.15) is 5.10 Å². The van der Waals surface area contributed by atoms with Crippen molar-refractivity contribution in [1.82, 2.24) is 34.4 Å². The molecule has 7 rings (SSSR count). The Labute approximate surface area is 231 Å². The number of thiazole rings is 1. The van der Waals surface area contributed by atoms with E-state index in [9.17, 15) is 0 Å². The zero-order chi connectivity index (χ0) is 26.2. The lowest BCUT2D eigenvalue weighted by Crippen LogP contribution is -2.32. The summed E-state index contributed by atoms with van der Waals surface area (Å²) in [6.07, 6.45) is 8.07. The van der Waals surface area contributed by atoms with E-state index < -0.39 is 0 Å². The van der Waals surface area contributed by atoms with E-state index >= 15 is 0 Å². The first kappa shape index (κ1) is 23.9. The highest BCUT2D eigenvalue weighted by Gasteiger charge is 2.24. The summed E-state index contributed by atoms with van der Waals surface area (Å²) in [5.74, 6) is 2.07. The quantitative estimate of drug-likeness (QED) is 0.262. The van der Waals surface area contributed by atoms with E-state index in [1.165, 1.54) is 22.3 Å². The number of aromatic nitrogens is 6. The summed E-state index contributed by atoms with van der Waals surface area (Å²) in [5, 5.41) is 9.68. The van der Waals surface area contributed by atoms with Crippen LogP contribution in [0.15, 0.2) is 84.6 Å². The molecule has 1 fully saturated rings. The first-order valence-corrected chi connectivity index (χ1v) is 14.3. The number of pyridine rings is 1. The average molecular weight is 532 g/mol. The number of H-pyrrole nitrogens is 1. The standard InChI is InChI=1S/C31H29N7S/c1-21-6-11-27(32-18-21)30-34-29(35-36-30)24-12-14-37(15-13-24)20-22-7-9-23(10-8-22)25-4-2-3-5-26(25)28-19-33-31-38(28)16-17-39-31/h2-11,16-19,24H,12-15,20H2,1H3,(H,34,35,36). The molecule has 5 heterocycles. The summed E-state index contributed by atoms with van der Waals surface area (Å²) in [4.78, 5) is 17.4. The first-order valence-electron chi connectivity index (χ1n) is 13.4. The van der Waals surface area contributed by atoms with Crippen LogP contribution in [0, 0.1) is 6.92 Å². The number of nitrogens with one attached hydrogen (secondary N) is 1. The SMILES string of the molecule is Cc1ccc(-c2n[nH]c(C3CCN(Cc4ccc(-c5ccccc5-c5cnc6sccn56)cc4)CC3)n2)nc1. The summed E-state index contributed by atoms with van der Waals surface area (Å²) in [7, 11) is 0. The van der Waals surface area contributed by atoms with Crippen LogP contribution < -0.4 is 0 Å². The molecule has 0 amide bonds. The van der Waals surface area contributed by atoms with Crippen molar-refractivity contribution in [3.8, 4) is 33.9 Å². The smallest absolute Gasteiger partial charge is 0.199 e. The van der Waals surface area contributed by atoms with Gasteiger partial charge in [-0.05, 0) is 61.2 Å². The number of imidazole rings is 1. The summed E-state index contributed by atoms with van der Waals surface area (Å²) < 4.78 is 2.17. The number of hydrogen-bond acceptors (Lipinski definition) is 6. The van der Waals surface area contributed by atoms with Gasteiger partial charge in [0.2, 0.25) is 0 Å². The van der Waals surface area contributed by atoms with Gasteiger partial charge in [-0.3, -0.25) is 19.4 Å². The Balaban J connectivity index is 1.00. The van der Waals surface area contributed by atoms with Crippen molar-refractivity contribution in [3.63, 3.8) is 0 Å². The van der Waals surface area contributed by atoms with E-state index in [2.05, 4.69) is 89.6 Å². The molecule has 1 N–H and O–H groups in total. The van der Waals surface area contributed by atoms with Crippen LogP contribution >= 0.6 is 11.3 Å². The third-order valence-electron chi connectivity index (χ3n) is 7.64. The number of aryl methyl sites for hydroxylation is 1. The fraction of sp³-hybridized carbons (Fsp3) is 0.226. The molecule has 1 aliphatic rings. The Hall–Kier alpha value is -4.14. The Morgan fingerprint density at radius 1 is 0.923 bits per heavy atom. The monoisotopic (exact) mass is 531 g/mol. The molecule has 1 aliphatic heterocycles. The van der Waals surface area contributed by atoms with Gasteiger partial charge in [-0.25, -0.2) is 9.97 Å². The van der Waals surface area contributed by atoms with Gasteiger partial charge in [0.15, 0.2) is 10.8 Å². The van der Waals surface area contributed by atoms with Crippen LogP contribution in [0.3, 0.4) is 0 Å².